The third-order valence-electron chi connectivity index (χ3n) is 4.60. The van der Waals surface area contributed by atoms with E-state index in [-0.39, 0.29) is 5.70 Å². The lowest BCUT2D eigenvalue weighted by atomic mass is 10.0. The number of cyclic esters (lactones) is 1. The Morgan fingerprint density at radius 3 is 2.33 bits per heavy atom. The van der Waals surface area contributed by atoms with Gasteiger partial charge >= 0.3 is 5.97 Å². The Hall–Kier alpha value is -3.66. The molecule has 3 aromatic rings. The minimum atomic E-state index is -0.453. The molecule has 1 heterocycles. The van der Waals surface area contributed by atoms with Crippen molar-refractivity contribution in [3.05, 3.63) is 95.7 Å². The van der Waals surface area contributed by atoms with Crippen molar-refractivity contribution >= 4 is 17.9 Å². The smallest absolute Gasteiger partial charge is 0.363 e. The summed E-state index contributed by atoms with van der Waals surface area (Å²) in [5, 5.41) is 0. The number of hydrogen-bond acceptors (Lipinski definition) is 4. The Balaban J connectivity index is 1.53. The van der Waals surface area contributed by atoms with Crippen molar-refractivity contribution in [2.45, 2.75) is 13.8 Å². The predicted molar refractivity (Wildman–Crippen MR) is 119 cm³/mol. The van der Waals surface area contributed by atoms with E-state index >= 15 is 0 Å². The molecule has 0 atom stereocenters. The van der Waals surface area contributed by atoms with Gasteiger partial charge < -0.3 is 9.47 Å². The van der Waals surface area contributed by atoms with Crippen molar-refractivity contribution in [3.8, 4) is 16.9 Å². The van der Waals surface area contributed by atoms with Gasteiger partial charge in [0.05, 0.1) is 6.61 Å². The Morgan fingerprint density at radius 2 is 1.60 bits per heavy atom. The fourth-order valence-electron chi connectivity index (χ4n) is 3.08. The molecule has 0 saturated heterocycles. The monoisotopic (exact) mass is 397 g/mol. The zero-order valence-electron chi connectivity index (χ0n) is 17.0. The zero-order valence-corrected chi connectivity index (χ0v) is 17.0. The Morgan fingerprint density at radius 1 is 0.900 bits per heavy atom. The number of nitrogens with zero attached hydrogens (tertiary/aromatic N) is 1. The molecule has 30 heavy (non-hydrogen) atoms. The largest absolute Gasteiger partial charge is 0.493 e. The third-order valence-corrected chi connectivity index (χ3v) is 4.60. The summed E-state index contributed by atoms with van der Waals surface area (Å²) in [4.78, 5) is 16.7. The number of aliphatic imine (C=N–C) groups is 1. The van der Waals surface area contributed by atoms with Crippen LogP contribution in [0.5, 0.6) is 5.75 Å². The normalized spacial score (nSPS) is 14.7. The number of esters is 1. The molecule has 0 radical (unpaired) electrons. The van der Waals surface area contributed by atoms with Gasteiger partial charge in [-0.1, -0.05) is 68.4 Å². The van der Waals surface area contributed by atoms with Crippen LogP contribution in [0.25, 0.3) is 17.2 Å². The summed E-state index contributed by atoms with van der Waals surface area (Å²) in [6, 6.07) is 25.5. The minimum absolute atomic E-state index is 0.276. The van der Waals surface area contributed by atoms with E-state index in [0.29, 0.717) is 18.4 Å². The molecule has 0 fully saturated rings. The van der Waals surface area contributed by atoms with Crippen molar-refractivity contribution in [3.63, 3.8) is 0 Å². The van der Waals surface area contributed by atoms with Crippen LogP contribution in [0.4, 0.5) is 0 Å². The summed E-state index contributed by atoms with van der Waals surface area (Å²) >= 11 is 0. The lowest BCUT2D eigenvalue weighted by Gasteiger charge is -2.08. The fraction of sp³-hybridized carbons (Fsp3) is 0.154. The van der Waals surface area contributed by atoms with Gasteiger partial charge in [0, 0.05) is 5.56 Å². The van der Waals surface area contributed by atoms with Gasteiger partial charge in [0.2, 0.25) is 5.90 Å². The highest BCUT2D eigenvalue weighted by atomic mass is 16.6. The van der Waals surface area contributed by atoms with Gasteiger partial charge in [-0.05, 0) is 52.9 Å². The average molecular weight is 397 g/mol. The predicted octanol–water partition coefficient (Wildman–Crippen LogP) is 5.73. The topological polar surface area (TPSA) is 47.9 Å². The summed E-state index contributed by atoms with van der Waals surface area (Å²) in [6.07, 6.45) is 1.72. The quantitative estimate of drug-likeness (QED) is 0.394. The number of benzene rings is 3. The molecule has 3 aromatic carbocycles. The highest BCUT2D eigenvalue weighted by Gasteiger charge is 2.24. The van der Waals surface area contributed by atoms with Crippen LogP contribution in [0.3, 0.4) is 0 Å². The summed E-state index contributed by atoms with van der Waals surface area (Å²) in [7, 11) is 0. The number of carbonyl (C=O) groups is 1. The Bertz CT molecular complexity index is 1100. The van der Waals surface area contributed by atoms with Crippen LogP contribution in [-0.4, -0.2) is 18.5 Å². The van der Waals surface area contributed by atoms with E-state index in [1.165, 1.54) is 0 Å². The first-order chi connectivity index (χ1) is 14.6. The van der Waals surface area contributed by atoms with Gasteiger partial charge in [-0.15, -0.1) is 0 Å². The number of hydrogen-bond donors (Lipinski definition) is 0. The van der Waals surface area contributed by atoms with Gasteiger partial charge in [0.1, 0.15) is 5.75 Å². The summed E-state index contributed by atoms with van der Waals surface area (Å²) in [5.74, 6) is 1.08. The fourth-order valence-corrected chi connectivity index (χ4v) is 3.08. The first kappa shape index (κ1) is 19.6. The SMILES string of the molecule is CC(C)COc1cccc(/C=C2\N=C(c3ccc(-c4ccccc4)cc3)OC2=O)c1. The Kier molecular flexibility index (Phi) is 5.75. The molecule has 150 valence electrons. The van der Waals surface area contributed by atoms with Crippen molar-refractivity contribution < 1.29 is 14.3 Å². The van der Waals surface area contributed by atoms with Gasteiger partial charge in [0.25, 0.3) is 0 Å². The molecule has 4 nitrogen and oxygen atoms in total. The van der Waals surface area contributed by atoms with E-state index in [4.69, 9.17) is 9.47 Å². The Labute approximate surface area is 176 Å². The number of carbonyl (C=O) groups excluding carboxylic acids is 1. The second-order valence-electron chi connectivity index (χ2n) is 7.56. The third kappa shape index (κ3) is 4.66. The van der Waals surface area contributed by atoms with E-state index in [2.05, 4.69) is 31.0 Å². The summed E-state index contributed by atoms with van der Waals surface area (Å²) in [5.41, 5.74) is 4.11. The van der Waals surface area contributed by atoms with E-state index in [1.54, 1.807) is 6.08 Å². The average Bonchev–Trinajstić information content (AvgIpc) is 3.13. The van der Waals surface area contributed by atoms with Crippen LogP contribution in [0, 0.1) is 5.92 Å². The molecule has 0 amide bonds. The van der Waals surface area contributed by atoms with E-state index < -0.39 is 5.97 Å². The summed E-state index contributed by atoms with van der Waals surface area (Å²) in [6.45, 7) is 4.84. The van der Waals surface area contributed by atoms with Gasteiger partial charge in [0.15, 0.2) is 5.70 Å². The second kappa shape index (κ2) is 8.78. The van der Waals surface area contributed by atoms with Crippen LogP contribution < -0.4 is 4.74 Å². The molecular weight excluding hydrogens is 374 g/mol. The molecule has 4 heteroatoms. The van der Waals surface area contributed by atoms with Crippen LogP contribution in [0.1, 0.15) is 25.0 Å². The number of rotatable bonds is 6. The van der Waals surface area contributed by atoms with Crippen molar-refractivity contribution in [2.24, 2.45) is 10.9 Å². The molecule has 0 aliphatic carbocycles. The highest BCUT2D eigenvalue weighted by molar-refractivity contribution is 6.13. The van der Waals surface area contributed by atoms with E-state index in [0.717, 1.165) is 28.0 Å². The maximum Gasteiger partial charge on any atom is 0.363 e. The first-order valence-corrected chi connectivity index (χ1v) is 10.00. The highest BCUT2D eigenvalue weighted by Crippen LogP contribution is 2.24. The molecule has 0 aromatic heterocycles. The molecule has 0 N–H and O–H groups in total. The second-order valence-corrected chi connectivity index (χ2v) is 7.56. The van der Waals surface area contributed by atoms with Crippen LogP contribution in [-0.2, 0) is 9.53 Å². The lowest BCUT2D eigenvalue weighted by molar-refractivity contribution is -0.129. The minimum Gasteiger partial charge on any atom is -0.493 e. The molecular formula is C26H23NO3. The first-order valence-electron chi connectivity index (χ1n) is 10.00. The van der Waals surface area contributed by atoms with E-state index in [1.807, 2.05) is 66.7 Å². The van der Waals surface area contributed by atoms with Crippen LogP contribution >= 0.6 is 0 Å². The molecule has 1 aliphatic heterocycles. The van der Waals surface area contributed by atoms with Gasteiger partial charge in [-0.3, -0.25) is 0 Å². The molecule has 4 rings (SSSR count). The number of ether oxygens (including phenoxy) is 2. The molecule has 0 bridgehead atoms. The van der Waals surface area contributed by atoms with Crippen molar-refractivity contribution in [1.82, 2.24) is 0 Å². The maximum atomic E-state index is 12.3. The lowest BCUT2D eigenvalue weighted by Crippen LogP contribution is -2.05. The molecule has 0 saturated carbocycles. The van der Waals surface area contributed by atoms with E-state index in [9.17, 15) is 4.79 Å². The van der Waals surface area contributed by atoms with Crippen LogP contribution in [0.2, 0.25) is 0 Å². The van der Waals surface area contributed by atoms with Crippen LogP contribution in [0.15, 0.2) is 89.6 Å². The molecule has 1 aliphatic rings. The summed E-state index contributed by atoms with van der Waals surface area (Å²) < 4.78 is 11.2. The van der Waals surface area contributed by atoms with Crippen molar-refractivity contribution in [2.75, 3.05) is 6.61 Å². The molecule has 0 unspecified atom stereocenters. The maximum absolute atomic E-state index is 12.3. The van der Waals surface area contributed by atoms with Crippen molar-refractivity contribution in [1.29, 1.82) is 0 Å². The van der Waals surface area contributed by atoms with Gasteiger partial charge in [-0.2, -0.15) is 0 Å². The standard InChI is InChI=1S/C26H23NO3/c1-18(2)17-29-23-10-6-7-19(15-23)16-24-26(28)30-25(27-24)22-13-11-21(12-14-22)20-8-4-3-5-9-20/h3-16,18H,17H2,1-2H3/b24-16-. The van der Waals surface area contributed by atoms with Gasteiger partial charge in [-0.25, -0.2) is 9.79 Å². The zero-order chi connectivity index (χ0) is 20.9. The molecule has 0 spiro atoms.